The van der Waals surface area contributed by atoms with E-state index in [9.17, 15) is 4.79 Å². The molecule has 0 bridgehead atoms. The quantitative estimate of drug-likeness (QED) is 0.860. The largest absolute Gasteiger partial charge is 0.383 e. The van der Waals surface area contributed by atoms with E-state index in [1.165, 1.54) is 0 Å². The molecule has 3 N–H and O–H groups in total. The molecule has 21 heavy (non-hydrogen) atoms. The highest BCUT2D eigenvalue weighted by molar-refractivity contribution is 5.86. The lowest BCUT2D eigenvalue weighted by molar-refractivity contribution is -0.123. The molecule has 0 spiro atoms. The van der Waals surface area contributed by atoms with E-state index >= 15 is 0 Å². The van der Waals surface area contributed by atoms with Gasteiger partial charge in [0, 0.05) is 24.1 Å². The third-order valence-electron chi connectivity index (χ3n) is 3.82. The first-order valence-corrected chi connectivity index (χ1v) is 7.44. The van der Waals surface area contributed by atoms with Crippen molar-refractivity contribution in [3.63, 3.8) is 0 Å². The molecule has 6 heteroatoms. The highest BCUT2D eigenvalue weighted by atomic mass is 16.2. The van der Waals surface area contributed by atoms with Gasteiger partial charge in [0.05, 0.1) is 0 Å². The number of nitrogens with one attached hydrogen (secondary N) is 1. The molecule has 1 saturated heterocycles. The van der Waals surface area contributed by atoms with E-state index in [0.29, 0.717) is 18.2 Å². The molecule has 116 valence electrons. The molecule has 1 amide bonds. The Balaban J connectivity index is 2.51. The van der Waals surface area contributed by atoms with Crippen LogP contribution in [0.25, 0.3) is 0 Å². The zero-order valence-electron chi connectivity index (χ0n) is 13.5. The van der Waals surface area contributed by atoms with Crippen LogP contribution in [-0.4, -0.2) is 35.0 Å². The van der Waals surface area contributed by atoms with Gasteiger partial charge >= 0.3 is 0 Å². The number of nitrogen functional groups attached to an aromatic ring is 1. The number of aromatic nitrogens is 2. The van der Waals surface area contributed by atoms with Crippen molar-refractivity contribution in [3.8, 4) is 0 Å². The molecule has 1 fully saturated rings. The van der Waals surface area contributed by atoms with Crippen molar-refractivity contribution < 1.29 is 4.79 Å². The topological polar surface area (TPSA) is 84.1 Å². The van der Waals surface area contributed by atoms with Gasteiger partial charge < -0.3 is 16.0 Å². The van der Waals surface area contributed by atoms with Crippen LogP contribution in [0.4, 0.5) is 11.6 Å². The zero-order chi connectivity index (χ0) is 15.8. The molecule has 0 radical (unpaired) electrons. The lowest BCUT2D eigenvalue weighted by Gasteiger charge is -2.36. The highest BCUT2D eigenvalue weighted by Gasteiger charge is 2.31. The Hall–Kier alpha value is -1.85. The summed E-state index contributed by atoms with van der Waals surface area (Å²) in [6, 6.07) is -0.195. The van der Waals surface area contributed by atoms with Gasteiger partial charge in [-0.1, -0.05) is 27.7 Å². The standard InChI is InChI=1S/C15H25N5O/c1-6-10-13(21)17-7-8-20(10)12-9(2)11(16)18-14(19-12)15(3,4)5/h10H,6-8H2,1-5H3,(H,17,21)(H2,16,18,19). The monoisotopic (exact) mass is 291 g/mol. The van der Waals surface area contributed by atoms with Gasteiger partial charge in [-0.2, -0.15) is 0 Å². The zero-order valence-corrected chi connectivity index (χ0v) is 13.5. The van der Waals surface area contributed by atoms with Gasteiger partial charge in [0.25, 0.3) is 0 Å². The van der Waals surface area contributed by atoms with Crippen molar-refractivity contribution in [1.82, 2.24) is 15.3 Å². The van der Waals surface area contributed by atoms with Gasteiger partial charge in [0.15, 0.2) is 0 Å². The van der Waals surface area contributed by atoms with E-state index in [2.05, 4.69) is 36.0 Å². The number of carbonyl (C=O) groups is 1. The third kappa shape index (κ3) is 2.94. The second-order valence-corrected chi connectivity index (χ2v) is 6.54. The van der Waals surface area contributed by atoms with Gasteiger partial charge in [-0.05, 0) is 13.3 Å². The molecule has 1 aromatic heterocycles. The van der Waals surface area contributed by atoms with Gasteiger partial charge in [0.2, 0.25) is 5.91 Å². The molecule has 0 saturated carbocycles. The summed E-state index contributed by atoms with van der Waals surface area (Å²) >= 11 is 0. The van der Waals surface area contributed by atoms with Gasteiger partial charge in [-0.15, -0.1) is 0 Å². The number of hydrogen-bond acceptors (Lipinski definition) is 5. The molecule has 0 aromatic carbocycles. The van der Waals surface area contributed by atoms with E-state index in [4.69, 9.17) is 10.7 Å². The fourth-order valence-electron chi connectivity index (χ4n) is 2.51. The number of anilines is 2. The van der Waals surface area contributed by atoms with E-state index in [-0.39, 0.29) is 17.4 Å². The fraction of sp³-hybridized carbons (Fsp3) is 0.667. The maximum atomic E-state index is 12.1. The summed E-state index contributed by atoms with van der Waals surface area (Å²) in [6.45, 7) is 11.5. The second kappa shape index (κ2) is 5.50. The second-order valence-electron chi connectivity index (χ2n) is 6.54. The maximum absolute atomic E-state index is 12.1. The van der Waals surface area contributed by atoms with Gasteiger partial charge in [0.1, 0.15) is 23.5 Å². The Morgan fingerprint density at radius 2 is 2.05 bits per heavy atom. The summed E-state index contributed by atoms with van der Waals surface area (Å²) in [6.07, 6.45) is 0.736. The van der Waals surface area contributed by atoms with Crippen LogP contribution in [0, 0.1) is 6.92 Å². The van der Waals surface area contributed by atoms with Crippen molar-refractivity contribution in [2.75, 3.05) is 23.7 Å². The van der Waals surface area contributed by atoms with E-state index in [1.807, 2.05) is 13.8 Å². The first-order valence-electron chi connectivity index (χ1n) is 7.44. The number of amides is 1. The van der Waals surface area contributed by atoms with Crippen LogP contribution < -0.4 is 16.0 Å². The van der Waals surface area contributed by atoms with Gasteiger partial charge in [-0.25, -0.2) is 9.97 Å². The van der Waals surface area contributed by atoms with Crippen molar-refractivity contribution in [3.05, 3.63) is 11.4 Å². The van der Waals surface area contributed by atoms with Crippen LogP contribution in [0.15, 0.2) is 0 Å². The van der Waals surface area contributed by atoms with Crippen molar-refractivity contribution >= 4 is 17.5 Å². The molecule has 1 aliphatic rings. The first kappa shape index (κ1) is 15.5. The van der Waals surface area contributed by atoms with Crippen LogP contribution in [0.3, 0.4) is 0 Å². The molecule has 6 nitrogen and oxygen atoms in total. The predicted molar refractivity (Wildman–Crippen MR) is 84.3 cm³/mol. The first-order chi connectivity index (χ1) is 9.75. The lowest BCUT2D eigenvalue weighted by Crippen LogP contribution is -2.55. The molecular formula is C15H25N5O. The highest BCUT2D eigenvalue weighted by Crippen LogP contribution is 2.29. The summed E-state index contributed by atoms with van der Waals surface area (Å²) in [7, 11) is 0. The van der Waals surface area contributed by atoms with Crippen molar-refractivity contribution in [2.24, 2.45) is 0 Å². The molecule has 1 atom stereocenters. The molecular weight excluding hydrogens is 266 g/mol. The number of hydrogen-bond donors (Lipinski definition) is 2. The fourth-order valence-corrected chi connectivity index (χ4v) is 2.51. The molecule has 0 aliphatic carbocycles. The number of nitrogens with two attached hydrogens (primary N) is 1. The van der Waals surface area contributed by atoms with Crippen molar-refractivity contribution in [2.45, 2.75) is 52.5 Å². The number of carbonyl (C=O) groups excluding carboxylic acids is 1. The number of nitrogens with zero attached hydrogens (tertiary/aromatic N) is 3. The van der Waals surface area contributed by atoms with E-state index in [0.717, 1.165) is 24.3 Å². The predicted octanol–water partition coefficient (Wildman–Crippen LogP) is 1.38. The SMILES string of the molecule is CCC1C(=O)NCCN1c1nc(C(C)(C)C)nc(N)c1C. The summed E-state index contributed by atoms with van der Waals surface area (Å²) in [5, 5.41) is 2.91. The summed E-state index contributed by atoms with van der Waals surface area (Å²) < 4.78 is 0. The van der Waals surface area contributed by atoms with Crippen molar-refractivity contribution in [1.29, 1.82) is 0 Å². The van der Waals surface area contributed by atoms with E-state index < -0.39 is 0 Å². The van der Waals surface area contributed by atoms with Crippen LogP contribution in [0.1, 0.15) is 45.5 Å². The Bertz CT molecular complexity index is 550. The Kier molecular flexibility index (Phi) is 4.07. The summed E-state index contributed by atoms with van der Waals surface area (Å²) in [5.41, 5.74) is 6.73. The minimum Gasteiger partial charge on any atom is -0.383 e. The van der Waals surface area contributed by atoms with Crippen LogP contribution in [0.2, 0.25) is 0 Å². The van der Waals surface area contributed by atoms with E-state index in [1.54, 1.807) is 0 Å². The number of rotatable bonds is 2. The Morgan fingerprint density at radius 3 is 2.62 bits per heavy atom. The van der Waals surface area contributed by atoms with Crippen LogP contribution in [-0.2, 0) is 10.2 Å². The average molecular weight is 291 g/mol. The Labute approximate surface area is 126 Å². The molecule has 1 unspecified atom stereocenters. The third-order valence-corrected chi connectivity index (χ3v) is 3.82. The maximum Gasteiger partial charge on any atom is 0.242 e. The molecule has 1 aromatic rings. The lowest BCUT2D eigenvalue weighted by atomic mass is 9.95. The number of piperazine rings is 1. The minimum atomic E-state index is -0.195. The van der Waals surface area contributed by atoms with Crippen LogP contribution in [0.5, 0.6) is 0 Å². The smallest absolute Gasteiger partial charge is 0.242 e. The minimum absolute atomic E-state index is 0.0534. The van der Waals surface area contributed by atoms with Gasteiger partial charge in [-0.3, -0.25) is 4.79 Å². The summed E-state index contributed by atoms with van der Waals surface area (Å²) in [4.78, 5) is 23.2. The Morgan fingerprint density at radius 1 is 1.38 bits per heavy atom. The molecule has 2 heterocycles. The normalized spacial score (nSPS) is 19.6. The molecule has 1 aliphatic heterocycles. The molecule has 2 rings (SSSR count). The van der Waals surface area contributed by atoms with Crippen LogP contribution >= 0.6 is 0 Å². The average Bonchev–Trinajstić information content (AvgIpc) is 2.40. The summed E-state index contributed by atoms with van der Waals surface area (Å²) in [5.74, 6) is 2.04.